The maximum absolute atomic E-state index is 12.3. The standard InChI is InChI=1S/C21H17ClN4OS/c22-16-8-3-1-6-14(16)21(27)24-12-11-23-19-15-7-2-4-9-17(15)25-20(26-19)18-10-5-13-28-18/h1-10,13H,11-12H2,(H,24,27)(H,23,25,26). The quantitative estimate of drug-likeness (QED) is 0.447. The molecule has 0 radical (unpaired) electrons. The van der Waals surface area contributed by atoms with E-state index >= 15 is 0 Å². The molecule has 0 saturated carbocycles. The van der Waals surface area contributed by atoms with Gasteiger partial charge >= 0.3 is 0 Å². The second-order valence-corrected chi connectivity index (χ2v) is 7.41. The first-order valence-electron chi connectivity index (χ1n) is 8.79. The first kappa shape index (κ1) is 18.4. The predicted octanol–water partition coefficient (Wildman–Crippen LogP) is 4.85. The van der Waals surface area contributed by atoms with E-state index in [1.54, 1.807) is 35.6 Å². The number of amides is 1. The molecule has 7 heteroatoms. The average molecular weight is 409 g/mol. The Labute approximate surface area is 171 Å². The summed E-state index contributed by atoms with van der Waals surface area (Å²) in [5.74, 6) is 1.25. The first-order chi connectivity index (χ1) is 13.7. The number of halogens is 1. The molecule has 0 atom stereocenters. The lowest BCUT2D eigenvalue weighted by Gasteiger charge is -2.11. The van der Waals surface area contributed by atoms with E-state index in [4.69, 9.17) is 11.6 Å². The van der Waals surface area contributed by atoms with E-state index in [1.165, 1.54) is 0 Å². The van der Waals surface area contributed by atoms with Crippen molar-refractivity contribution in [3.05, 3.63) is 76.6 Å². The molecule has 140 valence electrons. The topological polar surface area (TPSA) is 66.9 Å². The maximum atomic E-state index is 12.3. The Morgan fingerprint density at radius 2 is 1.79 bits per heavy atom. The smallest absolute Gasteiger partial charge is 0.252 e. The number of anilines is 1. The number of aromatic nitrogens is 2. The van der Waals surface area contributed by atoms with Gasteiger partial charge in [0.05, 0.1) is 21.0 Å². The van der Waals surface area contributed by atoms with E-state index in [1.807, 2.05) is 41.8 Å². The second-order valence-electron chi connectivity index (χ2n) is 6.05. The van der Waals surface area contributed by atoms with Gasteiger partial charge in [-0.1, -0.05) is 41.9 Å². The Kier molecular flexibility index (Phi) is 5.50. The molecule has 0 spiro atoms. The van der Waals surface area contributed by atoms with Crippen LogP contribution in [0.4, 0.5) is 5.82 Å². The molecule has 0 saturated heterocycles. The summed E-state index contributed by atoms with van der Waals surface area (Å²) in [6, 6.07) is 18.9. The molecule has 0 aliphatic heterocycles. The van der Waals surface area contributed by atoms with Gasteiger partial charge in [0.1, 0.15) is 5.82 Å². The fourth-order valence-corrected chi connectivity index (χ4v) is 3.70. The third kappa shape index (κ3) is 3.98. The predicted molar refractivity (Wildman–Crippen MR) is 115 cm³/mol. The number of nitrogens with one attached hydrogen (secondary N) is 2. The fraction of sp³-hybridized carbons (Fsp3) is 0.0952. The molecular formula is C21H17ClN4OS. The fourth-order valence-electron chi connectivity index (χ4n) is 2.82. The van der Waals surface area contributed by atoms with Crippen molar-refractivity contribution >= 4 is 45.6 Å². The molecule has 0 unspecified atom stereocenters. The molecule has 0 aliphatic rings. The molecule has 2 heterocycles. The minimum Gasteiger partial charge on any atom is -0.368 e. The zero-order valence-electron chi connectivity index (χ0n) is 14.9. The van der Waals surface area contributed by atoms with E-state index in [-0.39, 0.29) is 5.91 Å². The third-order valence-electron chi connectivity index (χ3n) is 4.17. The van der Waals surface area contributed by atoms with Gasteiger partial charge in [0.15, 0.2) is 5.82 Å². The monoisotopic (exact) mass is 408 g/mol. The summed E-state index contributed by atoms with van der Waals surface area (Å²) in [6.07, 6.45) is 0. The van der Waals surface area contributed by atoms with Crippen LogP contribution >= 0.6 is 22.9 Å². The Hall–Kier alpha value is -2.96. The molecule has 2 N–H and O–H groups in total. The van der Waals surface area contributed by atoms with Crippen molar-refractivity contribution in [3.63, 3.8) is 0 Å². The van der Waals surface area contributed by atoms with Crippen molar-refractivity contribution in [1.82, 2.24) is 15.3 Å². The van der Waals surface area contributed by atoms with Crippen LogP contribution in [0.5, 0.6) is 0 Å². The average Bonchev–Trinajstić information content (AvgIpc) is 3.26. The highest BCUT2D eigenvalue weighted by Gasteiger charge is 2.11. The number of nitrogens with zero attached hydrogens (tertiary/aromatic N) is 2. The van der Waals surface area contributed by atoms with E-state index < -0.39 is 0 Å². The summed E-state index contributed by atoms with van der Waals surface area (Å²) in [4.78, 5) is 22.6. The number of carbonyl (C=O) groups excluding carboxylic acids is 1. The number of hydrogen-bond donors (Lipinski definition) is 2. The van der Waals surface area contributed by atoms with Crippen molar-refractivity contribution in [2.45, 2.75) is 0 Å². The summed E-state index contributed by atoms with van der Waals surface area (Å²) < 4.78 is 0. The molecule has 0 fully saturated rings. The first-order valence-corrected chi connectivity index (χ1v) is 10.1. The SMILES string of the molecule is O=C(NCCNc1nc(-c2cccs2)nc2ccccc12)c1ccccc1Cl. The summed E-state index contributed by atoms with van der Waals surface area (Å²) >= 11 is 7.67. The lowest BCUT2D eigenvalue weighted by Crippen LogP contribution is -2.29. The summed E-state index contributed by atoms with van der Waals surface area (Å²) in [7, 11) is 0. The van der Waals surface area contributed by atoms with Crippen LogP contribution in [0.25, 0.3) is 21.6 Å². The minimum absolute atomic E-state index is 0.195. The Morgan fingerprint density at radius 1 is 0.964 bits per heavy atom. The van der Waals surface area contributed by atoms with Crippen molar-refractivity contribution in [2.75, 3.05) is 18.4 Å². The van der Waals surface area contributed by atoms with E-state index in [0.717, 1.165) is 21.6 Å². The number of carbonyl (C=O) groups is 1. The van der Waals surface area contributed by atoms with Gasteiger partial charge in [-0.15, -0.1) is 11.3 Å². The molecular weight excluding hydrogens is 392 g/mol. The van der Waals surface area contributed by atoms with Crippen molar-refractivity contribution in [1.29, 1.82) is 0 Å². The van der Waals surface area contributed by atoms with Gasteiger partial charge in [0.25, 0.3) is 5.91 Å². The number of hydrogen-bond acceptors (Lipinski definition) is 5. The lowest BCUT2D eigenvalue weighted by atomic mass is 10.2. The second kappa shape index (κ2) is 8.37. The van der Waals surface area contributed by atoms with Crippen LogP contribution in [0.2, 0.25) is 5.02 Å². The number of fused-ring (bicyclic) bond motifs is 1. The highest BCUT2D eigenvalue weighted by molar-refractivity contribution is 7.13. The number of para-hydroxylation sites is 1. The van der Waals surface area contributed by atoms with Gasteiger partial charge in [-0.05, 0) is 35.7 Å². The summed E-state index contributed by atoms with van der Waals surface area (Å²) in [5.41, 5.74) is 1.35. The van der Waals surface area contributed by atoms with Gasteiger partial charge in [-0.25, -0.2) is 9.97 Å². The normalized spacial score (nSPS) is 10.8. The van der Waals surface area contributed by atoms with Crippen molar-refractivity contribution in [2.24, 2.45) is 0 Å². The molecule has 2 aromatic heterocycles. The largest absolute Gasteiger partial charge is 0.368 e. The third-order valence-corrected chi connectivity index (χ3v) is 5.36. The van der Waals surface area contributed by atoms with Crippen LogP contribution in [0, 0.1) is 0 Å². The zero-order valence-corrected chi connectivity index (χ0v) is 16.4. The van der Waals surface area contributed by atoms with E-state index in [9.17, 15) is 4.79 Å². The molecule has 28 heavy (non-hydrogen) atoms. The van der Waals surface area contributed by atoms with Crippen LogP contribution in [-0.2, 0) is 0 Å². The molecule has 4 aromatic rings. The summed E-state index contributed by atoms with van der Waals surface area (Å²) in [5, 5.41) is 9.58. The Balaban J connectivity index is 1.47. The Morgan fingerprint density at radius 3 is 2.61 bits per heavy atom. The van der Waals surface area contributed by atoms with Crippen LogP contribution in [0.15, 0.2) is 66.0 Å². The highest BCUT2D eigenvalue weighted by Crippen LogP contribution is 2.27. The van der Waals surface area contributed by atoms with Gasteiger partial charge in [0, 0.05) is 18.5 Å². The summed E-state index contributed by atoms with van der Waals surface area (Å²) in [6.45, 7) is 0.970. The number of benzene rings is 2. The molecule has 2 aromatic carbocycles. The van der Waals surface area contributed by atoms with Crippen LogP contribution in [-0.4, -0.2) is 29.0 Å². The van der Waals surface area contributed by atoms with Gasteiger partial charge < -0.3 is 10.6 Å². The lowest BCUT2D eigenvalue weighted by molar-refractivity contribution is 0.0955. The molecule has 0 aliphatic carbocycles. The maximum Gasteiger partial charge on any atom is 0.252 e. The molecule has 1 amide bonds. The van der Waals surface area contributed by atoms with Crippen LogP contribution in [0.3, 0.4) is 0 Å². The zero-order chi connectivity index (χ0) is 19.3. The highest BCUT2D eigenvalue weighted by atomic mass is 35.5. The van der Waals surface area contributed by atoms with E-state index in [2.05, 4.69) is 20.6 Å². The van der Waals surface area contributed by atoms with Gasteiger partial charge in [0.2, 0.25) is 0 Å². The molecule has 4 rings (SSSR count). The van der Waals surface area contributed by atoms with Crippen LogP contribution < -0.4 is 10.6 Å². The molecule has 0 bridgehead atoms. The minimum atomic E-state index is -0.195. The molecule has 5 nitrogen and oxygen atoms in total. The Bertz CT molecular complexity index is 1110. The van der Waals surface area contributed by atoms with E-state index in [0.29, 0.717) is 29.5 Å². The van der Waals surface area contributed by atoms with Crippen molar-refractivity contribution in [3.8, 4) is 10.7 Å². The van der Waals surface area contributed by atoms with Crippen LogP contribution in [0.1, 0.15) is 10.4 Å². The van der Waals surface area contributed by atoms with Gasteiger partial charge in [-0.3, -0.25) is 4.79 Å². The number of rotatable bonds is 6. The van der Waals surface area contributed by atoms with Crippen molar-refractivity contribution < 1.29 is 4.79 Å². The van der Waals surface area contributed by atoms with Gasteiger partial charge in [-0.2, -0.15) is 0 Å². The number of thiophene rings is 1.